The van der Waals surface area contributed by atoms with Crippen LogP contribution in [-0.4, -0.2) is 40.1 Å². The average molecular weight is 345 g/mol. The van der Waals surface area contributed by atoms with Gasteiger partial charge in [-0.2, -0.15) is 5.10 Å². The van der Waals surface area contributed by atoms with Crippen molar-refractivity contribution in [2.45, 2.75) is 12.6 Å². The van der Waals surface area contributed by atoms with E-state index in [9.17, 15) is 4.79 Å². The van der Waals surface area contributed by atoms with E-state index in [-0.39, 0.29) is 11.9 Å². The summed E-state index contributed by atoms with van der Waals surface area (Å²) in [6.07, 6.45) is 1.75. The molecule has 26 heavy (non-hydrogen) atoms. The van der Waals surface area contributed by atoms with Crippen LogP contribution in [0.2, 0.25) is 0 Å². The summed E-state index contributed by atoms with van der Waals surface area (Å²) in [6, 6.07) is 12.0. The zero-order valence-electron chi connectivity index (χ0n) is 14.6. The van der Waals surface area contributed by atoms with Crippen molar-refractivity contribution in [3.63, 3.8) is 0 Å². The molecule has 0 spiro atoms. The van der Waals surface area contributed by atoms with Crippen LogP contribution in [0.4, 0.5) is 0 Å². The number of carbonyl (C=O) groups excluding carboxylic acids is 1. The quantitative estimate of drug-likeness (QED) is 0.534. The molecular formula is C20H19N5O. The molecular weight excluding hydrogens is 326 g/mol. The number of hydrogen-bond acceptors (Lipinski definition) is 3. The molecule has 4 aromatic rings. The normalized spacial score (nSPS) is 16.6. The fraction of sp³-hybridized carbons (Fsp3) is 0.200. The maximum Gasteiger partial charge on any atom is 0.252 e. The van der Waals surface area contributed by atoms with E-state index in [1.165, 1.54) is 0 Å². The number of hydrogen-bond donors (Lipinski definition) is 3. The van der Waals surface area contributed by atoms with E-state index in [0.29, 0.717) is 0 Å². The largest absolute Gasteiger partial charge is 0.357 e. The van der Waals surface area contributed by atoms with Crippen LogP contribution in [0, 0.1) is 0 Å². The van der Waals surface area contributed by atoms with Crippen LogP contribution in [0.3, 0.4) is 0 Å². The van der Waals surface area contributed by atoms with Crippen LogP contribution in [0.25, 0.3) is 21.8 Å². The summed E-state index contributed by atoms with van der Waals surface area (Å²) in [7, 11) is 4.09. The molecule has 0 fully saturated rings. The molecule has 0 saturated heterocycles. The zero-order valence-corrected chi connectivity index (χ0v) is 14.6. The highest BCUT2D eigenvalue weighted by Gasteiger charge is 2.33. The zero-order chi connectivity index (χ0) is 17.8. The molecule has 1 amide bonds. The fourth-order valence-electron chi connectivity index (χ4n) is 3.95. The van der Waals surface area contributed by atoms with E-state index in [1.807, 2.05) is 38.4 Å². The van der Waals surface area contributed by atoms with Gasteiger partial charge in [-0.05, 0) is 37.9 Å². The maximum absolute atomic E-state index is 12.6. The summed E-state index contributed by atoms with van der Waals surface area (Å²) >= 11 is 0. The SMILES string of the molecule is CN(C)Cc1[nH]c2ccccc2c1[C@H]1NC(=O)c2cc3cn[nH]c3cc21. The first-order valence-electron chi connectivity index (χ1n) is 8.64. The number of H-pyrrole nitrogens is 2. The molecule has 2 aromatic heterocycles. The number of aromatic amines is 2. The van der Waals surface area contributed by atoms with Gasteiger partial charge in [-0.1, -0.05) is 18.2 Å². The lowest BCUT2D eigenvalue weighted by Gasteiger charge is -2.16. The predicted octanol–water partition coefficient (Wildman–Crippen LogP) is 2.94. The Morgan fingerprint density at radius 3 is 2.85 bits per heavy atom. The minimum absolute atomic E-state index is 0.0332. The second kappa shape index (κ2) is 5.44. The summed E-state index contributed by atoms with van der Waals surface area (Å²) in [4.78, 5) is 18.3. The molecule has 3 heterocycles. The van der Waals surface area contributed by atoms with E-state index < -0.39 is 0 Å². The molecule has 5 rings (SSSR count). The van der Waals surface area contributed by atoms with Crippen molar-refractivity contribution >= 4 is 27.7 Å². The standard InChI is InChI=1S/C20H19N5O/c1-25(2)10-17-18(12-5-3-4-6-15(12)22-17)19-13-8-16-11(9-21-24-16)7-14(13)20(26)23-19/h3-9,19,22H,10H2,1-2H3,(H,21,24)(H,23,26)/t19-/m0/s1. The van der Waals surface area contributed by atoms with Crippen molar-refractivity contribution in [3.05, 3.63) is 65.0 Å². The molecule has 3 N–H and O–H groups in total. The smallest absolute Gasteiger partial charge is 0.252 e. The summed E-state index contributed by atoms with van der Waals surface area (Å²) in [6.45, 7) is 0.776. The van der Waals surface area contributed by atoms with Crippen molar-refractivity contribution in [2.75, 3.05) is 14.1 Å². The van der Waals surface area contributed by atoms with Gasteiger partial charge in [0.25, 0.3) is 5.91 Å². The van der Waals surface area contributed by atoms with Gasteiger partial charge in [-0.3, -0.25) is 9.89 Å². The van der Waals surface area contributed by atoms with E-state index in [2.05, 4.69) is 37.5 Å². The highest BCUT2D eigenvalue weighted by molar-refractivity contribution is 6.04. The van der Waals surface area contributed by atoms with Gasteiger partial charge < -0.3 is 15.2 Å². The Balaban J connectivity index is 1.75. The number of para-hydroxylation sites is 1. The van der Waals surface area contributed by atoms with Crippen LogP contribution in [-0.2, 0) is 6.54 Å². The predicted molar refractivity (Wildman–Crippen MR) is 101 cm³/mol. The minimum Gasteiger partial charge on any atom is -0.357 e. The number of fused-ring (bicyclic) bond motifs is 3. The van der Waals surface area contributed by atoms with Crippen molar-refractivity contribution in [1.29, 1.82) is 0 Å². The second-order valence-electron chi connectivity index (χ2n) is 7.10. The molecule has 6 heteroatoms. The Kier molecular flexibility index (Phi) is 3.17. The highest BCUT2D eigenvalue weighted by atomic mass is 16.2. The highest BCUT2D eigenvalue weighted by Crippen LogP contribution is 2.38. The first kappa shape index (κ1) is 15.2. The molecule has 0 unspecified atom stereocenters. The topological polar surface area (TPSA) is 76.8 Å². The Labute approximate surface area is 150 Å². The lowest BCUT2D eigenvalue weighted by molar-refractivity contribution is 0.0960. The van der Waals surface area contributed by atoms with Crippen molar-refractivity contribution in [3.8, 4) is 0 Å². The lowest BCUT2D eigenvalue weighted by atomic mass is 9.95. The molecule has 0 saturated carbocycles. The van der Waals surface area contributed by atoms with E-state index >= 15 is 0 Å². The van der Waals surface area contributed by atoms with Crippen LogP contribution in [0.5, 0.6) is 0 Å². The number of carbonyl (C=O) groups is 1. The van der Waals surface area contributed by atoms with Crippen LogP contribution >= 0.6 is 0 Å². The molecule has 0 bridgehead atoms. The average Bonchev–Trinajstić information content (AvgIpc) is 3.28. The molecule has 6 nitrogen and oxygen atoms in total. The fourth-order valence-corrected chi connectivity index (χ4v) is 3.95. The number of rotatable bonds is 3. The van der Waals surface area contributed by atoms with Gasteiger partial charge in [0.2, 0.25) is 0 Å². The Bertz CT molecular complexity index is 1150. The summed E-state index contributed by atoms with van der Waals surface area (Å²) in [5.41, 5.74) is 6.02. The van der Waals surface area contributed by atoms with E-state index in [0.717, 1.165) is 50.7 Å². The Hall–Kier alpha value is -3.12. The number of nitrogens with one attached hydrogen (secondary N) is 3. The van der Waals surface area contributed by atoms with Crippen molar-refractivity contribution in [1.82, 2.24) is 25.4 Å². The lowest BCUT2D eigenvalue weighted by Crippen LogP contribution is -2.22. The Morgan fingerprint density at radius 2 is 2.00 bits per heavy atom. The van der Waals surface area contributed by atoms with Crippen LogP contribution in [0.1, 0.15) is 33.2 Å². The second-order valence-corrected chi connectivity index (χ2v) is 7.10. The number of aromatic nitrogens is 3. The molecule has 1 atom stereocenters. The van der Waals surface area contributed by atoms with Crippen LogP contribution in [0.15, 0.2) is 42.6 Å². The molecule has 0 aliphatic carbocycles. The van der Waals surface area contributed by atoms with Gasteiger partial charge in [-0.15, -0.1) is 0 Å². The third-order valence-corrected chi connectivity index (χ3v) is 5.03. The Morgan fingerprint density at radius 1 is 1.15 bits per heavy atom. The molecule has 2 aromatic carbocycles. The summed E-state index contributed by atoms with van der Waals surface area (Å²) in [5, 5.41) is 12.4. The first-order chi connectivity index (χ1) is 12.6. The monoisotopic (exact) mass is 345 g/mol. The van der Waals surface area contributed by atoms with Gasteiger partial charge in [0.1, 0.15) is 0 Å². The molecule has 1 aliphatic heterocycles. The summed E-state index contributed by atoms with van der Waals surface area (Å²) in [5.74, 6) is -0.0332. The maximum atomic E-state index is 12.6. The minimum atomic E-state index is -0.170. The number of nitrogens with zero attached hydrogens (tertiary/aromatic N) is 2. The van der Waals surface area contributed by atoms with Crippen molar-refractivity contribution in [2.24, 2.45) is 0 Å². The van der Waals surface area contributed by atoms with E-state index in [4.69, 9.17) is 0 Å². The molecule has 130 valence electrons. The van der Waals surface area contributed by atoms with Gasteiger partial charge in [0, 0.05) is 39.7 Å². The third kappa shape index (κ3) is 2.16. The van der Waals surface area contributed by atoms with Crippen molar-refractivity contribution < 1.29 is 4.79 Å². The molecule has 0 radical (unpaired) electrons. The molecule has 1 aliphatic rings. The van der Waals surface area contributed by atoms with Gasteiger partial charge in [-0.25, -0.2) is 0 Å². The first-order valence-corrected chi connectivity index (χ1v) is 8.64. The van der Waals surface area contributed by atoms with Gasteiger partial charge in [0.05, 0.1) is 17.8 Å². The number of amides is 1. The van der Waals surface area contributed by atoms with Crippen LogP contribution < -0.4 is 5.32 Å². The van der Waals surface area contributed by atoms with Gasteiger partial charge >= 0.3 is 0 Å². The number of benzene rings is 2. The summed E-state index contributed by atoms with van der Waals surface area (Å²) < 4.78 is 0. The van der Waals surface area contributed by atoms with E-state index in [1.54, 1.807) is 6.20 Å². The van der Waals surface area contributed by atoms with Gasteiger partial charge in [0.15, 0.2) is 0 Å². The third-order valence-electron chi connectivity index (χ3n) is 5.03.